The number of carbonyl (C=O) groups is 2. The van der Waals surface area contributed by atoms with Gasteiger partial charge in [0.2, 0.25) is 0 Å². The van der Waals surface area contributed by atoms with Crippen LogP contribution >= 0.6 is 0 Å². The monoisotopic (exact) mass is 282 g/mol. The number of urea groups is 1. The Kier molecular flexibility index (Phi) is 7.03. The average Bonchev–Trinajstić information content (AvgIpc) is 2.75. The maximum atomic E-state index is 12.0. The lowest BCUT2D eigenvalue weighted by atomic mass is 9.86. The number of amides is 3. The summed E-state index contributed by atoms with van der Waals surface area (Å²) in [6, 6.07) is -0.204. The molecule has 1 N–H and O–H groups in total. The van der Waals surface area contributed by atoms with Crippen LogP contribution in [0.25, 0.3) is 0 Å². The number of unbranched alkanes of at least 4 members (excludes halogenated alkanes) is 5. The zero-order valence-electron chi connectivity index (χ0n) is 13.3. The minimum atomic E-state index is -0.305. The third-order valence-electron chi connectivity index (χ3n) is 4.27. The maximum absolute atomic E-state index is 12.0. The van der Waals surface area contributed by atoms with Crippen LogP contribution in [0.5, 0.6) is 0 Å². The van der Waals surface area contributed by atoms with E-state index in [1.165, 1.54) is 24.2 Å². The van der Waals surface area contributed by atoms with Crippen molar-refractivity contribution in [2.24, 2.45) is 0 Å². The van der Waals surface area contributed by atoms with Gasteiger partial charge in [0.15, 0.2) is 0 Å². The number of imide groups is 1. The molecule has 20 heavy (non-hydrogen) atoms. The minimum absolute atomic E-state index is 0.0653. The Bertz CT molecular complexity index is 314. The summed E-state index contributed by atoms with van der Waals surface area (Å²) in [6.07, 6.45) is 9.96. The van der Waals surface area contributed by atoms with E-state index in [2.05, 4.69) is 26.1 Å². The van der Waals surface area contributed by atoms with Gasteiger partial charge in [-0.2, -0.15) is 0 Å². The molecule has 4 heteroatoms. The van der Waals surface area contributed by atoms with Gasteiger partial charge in [-0.1, -0.05) is 58.8 Å². The van der Waals surface area contributed by atoms with E-state index in [4.69, 9.17) is 0 Å². The number of hydrogen-bond donors (Lipinski definition) is 1. The largest absolute Gasteiger partial charge is 0.329 e. The molecule has 0 radical (unpaired) electrons. The summed E-state index contributed by atoms with van der Waals surface area (Å²) < 4.78 is 0. The highest BCUT2D eigenvalue weighted by Crippen LogP contribution is 2.30. The molecule has 1 saturated heterocycles. The standard InChI is InChI=1S/C16H30N2O2/c1-4-6-8-10-12-16(3,11-9-7-5-2)18-14(19)13-17-15(18)20/h4-13H2,1-3H3,(H,17,20). The highest BCUT2D eigenvalue weighted by Gasteiger charge is 2.42. The van der Waals surface area contributed by atoms with E-state index in [1.807, 2.05) is 0 Å². The predicted octanol–water partition coefficient (Wildman–Crippen LogP) is 3.85. The molecular weight excluding hydrogens is 252 g/mol. The third-order valence-corrected chi connectivity index (χ3v) is 4.27. The van der Waals surface area contributed by atoms with Crippen LogP contribution in [0.4, 0.5) is 4.79 Å². The van der Waals surface area contributed by atoms with Crippen molar-refractivity contribution in [1.29, 1.82) is 0 Å². The van der Waals surface area contributed by atoms with Crippen LogP contribution in [-0.2, 0) is 4.79 Å². The summed E-state index contributed by atoms with van der Waals surface area (Å²) in [5.74, 6) is -0.0653. The van der Waals surface area contributed by atoms with Gasteiger partial charge in [-0.25, -0.2) is 4.79 Å². The number of rotatable bonds is 10. The number of nitrogens with one attached hydrogen (secondary N) is 1. The van der Waals surface area contributed by atoms with Crippen molar-refractivity contribution < 1.29 is 9.59 Å². The lowest BCUT2D eigenvalue weighted by molar-refractivity contribution is -0.129. The molecule has 1 aliphatic rings. The lowest BCUT2D eigenvalue weighted by Crippen LogP contribution is -2.50. The second kappa shape index (κ2) is 8.28. The Balaban J connectivity index is 2.66. The molecule has 1 heterocycles. The van der Waals surface area contributed by atoms with Crippen LogP contribution in [-0.4, -0.2) is 28.9 Å². The Morgan fingerprint density at radius 1 is 1.00 bits per heavy atom. The molecule has 116 valence electrons. The van der Waals surface area contributed by atoms with Crippen molar-refractivity contribution in [1.82, 2.24) is 10.2 Å². The van der Waals surface area contributed by atoms with Crippen molar-refractivity contribution in [3.05, 3.63) is 0 Å². The average molecular weight is 282 g/mol. The first-order valence-corrected chi connectivity index (χ1v) is 8.16. The zero-order chi connectivity index (χ0) is 15.0. The second-order valence-corrected chi connectivity index (χ2v) is 6.15. The molecule has 1 rings (SSSR count). The highest BCUT2D eigenvalue weighted by molar-refractivity contribution is 6.02. The van der Waals surface area contributed by atoms with Gasteiger partial charge in [0.1, 0.15) is 0 Å². The molecule has 4 nitrogen and oxygen atoms in total. The Labute approximate surface area is 123 Å². The van der Waals surface area contributed by atoms with Gasteiger partial charge in [-0.15, -0.1) is 0 Å². The predicted molar refractivity (Wildman–Crippen MR) is 81.6 cm³/mol. The van der Waals surface area contributed by atoms with E-state index in [0.717, 1.165) is 38.5 Å². The summed E-state index contributed by atoms with van der Waals surface area (Å²) >= 11 is 0. The Morgan fingerprint density at radius 3 is 2.05 bits per heavy atom. The molecular formula is C16H30N2O2. The number of carbonyl (C=O) groups excluding carboxylic acids is 2. The minimum Gasteiger partial charge on any atom is -0.329 e. The summed E-state index contributed by atoms with van der Waals surface area (Å²) in [7, 11) is 0. The van der Waals surface area contributed by atoms with Crippen LogP contribution in [0.3, 0.4) is 0 Å². The van der Waals surface area contributed by atoms with Gasteiger partial charge in [-0.05, 0) is 19.8 Å². The van der Waals surface area contributed by atoms with Crippen molar-refractivity contribution in [2.75, 3.05) is 6.54 Å². The van der Waals surface area contributed by atoms with E-state index in [0.29, 0.717) is 0 Å². The Hall–Kier alpha value is -1.06. The zero-order valence-corrected chi connectivity index (χ0v) is 13.3. The highest BCUT2D eigenvalue weighted by atomic mass is 16.2. The molecule has 0 aliphatic carbocycles. The second-order valence-electron chi connectivity index (χ2n) is 6.15. The molecule has 0 aromatic rings. The van der Waals surface area contributed by atoms with E-state index in [-0.39, 0.29) is 24.0 Å². The first kappa shape index (κ1) is 17.0. The molecule has 1 unspecified atom stereocenters. The third kappa shape index (κ3) is 4.50. The smallest absolute Gasteiger partial charge is 0.325 e. The van der Waals surface area contributed by atoms with Crippen LogP contribution in [0.2, 0.25) is 0 Å². The van der Waals surface area contributed by atoms with Gasteiger partial charge in [0.25, 0.3) is 5.91 Å². The summed E-state index contributed by atoms with van der Waals surface area (Å²) in [4.78, 5) is 25.4. The fourth-order valence-corrected chi connectivity index (χ4v) is 3.01. The fraction of sp³-hybridized carbons (Fsp3) is 0.875. The first-order chi connectivity index (χ1) is 9.55. The molecule has 1 aliphatic heterocycles. The van der Waals surface area contributed by atoms with Crippen LogP contribution in [0, 0.1) is 0 Å². The normalized spacial score (nSPS) is 18.2. The molecule has 3 amide bonds. The summed E-state index contributed by atoms with van der Waals surface area (Å²) in [5, 5.41) is 2.65. The number of hydrogen-bond acceptors (Lipinski definition) is 2. The lowest BCUT2D eigenvalue weighted by Gasteiger charge is -2.37. The molecule has 0 aromatic heterocycles. The Morgan fingerprint density at radius 2 is 1.55 bits per heavy atom. The van der Waals surface area contributed by atoms with E-state index in [9.17, 15) is 9.59 Å². The SMILES string of the molecule is CCCCCCC(C)(CCCCC)N1C(=O)CNC1=O. The van der Waals surface area contributed by atoms with Crippen molar-refractivity contribution >= 4 is 11.9 Å². The topological polar surface area (TPSA) is 49.4 Å². The number of nitrogens with zero attached hydrogens (tertiary/aromatic N) is 1. The van der Waals surface area contributed by atoms with E-state index >= 15 is 0 Å². The van der Waals surface area contributed by atoms with E-state index < -0.39 is 0 Å². The van der Waals surface area contributed by atoms with Gasteiger partial charge < -0.3 is 5.32 Å². The quantitative estimate of drug-likeness (QED) is 0.489. The van der Waals surface area contributed by atoms with Gasteiger partial charge in [0, 0.05) is 5.54 Å². The van der Waals surface area contributed by atoms with Crippen LogP contribution in [0.1, 0.15) is 78.6 Å². The fourth-order valence-electron chi connectivity index (χ4n) is 3.01. The van der Waals surface area contributed by atoms with Gasteiger partial charge in [-0.3, -0.25) is 9.69 Å². The molecule has 0 aromatic carbocycles. The summed E-state index contributed by atoms with van der Waals surface area (Å²) in [5.41, 5.74) is -0.305. The first-order valence-electron chi connectivity index (χ1n) is 8.16. The summed E-state index contributed by atoms with van der Waals surface area (Å²) in [6.45, 7) is 6.61. The molecule has 0 saturated carbocycles. The van der Waals surface area contributed by atoms with Crippen molar-refractivity contribution in [3.63, 3.8) is 0 Å². The maximum Gasteiger partial charge on any atom is 0.325 e. The molecule has 0 spiro atoms. The van der Waals surface area contributed by atoms with Gasteiger partial charge in [0.05, 0.1) is 6.54 Å². The van der Waals surface area contributed by atoms with E-state index in [1.54, 1.807) is 0 Å². The van der Waals surface area contributed by atoms with Crippen molar-refractivity contribution in [2.45, 2.75) is 84.1 Å². The van der Waals surface area contributed by atoms with Gasteiger partial charge >= 0.3 is 6.03 Å². The van der Waals surface area contributed by atoms with Crippen LogP contribution in [0.15, 0.2) is 0 Å². The van der Waals surface area contributed by atoms with Crippen LogP contribution < -0.4 is 5.32 Å². The molecule has 1 fully saturated rings. The van der Waals surface area contributed by atoms with Crippen molar-refractivity contribution in [3.8, 4) is 0 Å². The molecule has 0 bridgehead atoms. The molecule has 1 atom stereocenters.